The lowest BCUT2D eigenvalue weighted by Gasteiger charge is -2.21. The molecule has 3 aromatic carbocycles. The quantitative estimate of drug-likeness (QED) is 0.543. The van der Waals surface area contributed by atoms with Crippen LogP contribution in [0.2, 0.25) is 0 Å². The molecule has 6 heteroatoms. The summed E-state index contributed by atoms with van der Waals surface area (Å²) in [6, 6.07) is 20.9. The minimum atomic E-state index is -1.27. The topological polar surface area (TPSA) is 87.1 Å². The number of phenols is 1. The van der Waals surface area contributed by atoms with Crippen molar-refractivity contribution in [1.29, 1.82) is 0 Å². The predicted molar refractivity (Wildman–Crippen MR) is 123 cm³/mol. The molecular weight excluding hydrogens is 406 g/mol. The lowest BCUT2D eigenvalue weighted by molar-refractivity contribution is -0.113. The second-order valence-corrected chi connectivity index (χ2v) is 7.14. The molecule has 0 radical (unpaired) electrons. The Bertz CT molecular complexity index is 1230. The molecule has 6 nitrogen and oxygen atoms in total. The van der Waals surface area contributed by atoms with Crippen molar-refractivity contribution in [3.63, 3.8) is 0 Å². The third-order valence-corrected chi connectivity index (χ3v) is 5.03. The van der Waals surface area contributed by atoms with Crippen molar-refractivity contribution in [2.24, 2.45) is 0 Å². The van der Waals surface area contributed by atoms with Gasteiger partial charge in [0.1, 0.15) is 17.1 Å². The first-order valence-corrected chi connectivity index (χ1v) is 10.1. The Labute approximate surface area is 185 Å². The molecule has 0 atom stereocenters. The normalized spacial score (nSPS) is 14.5. The van der Waals surface area contributed by atoms with Crippen molar-refractivity contribution in [2.45, 2.75) is 6.92 Å². The smallest absolute Gasteiger partial charge is 0.339 e. The van der Waals surface area contributed by atoms with Crippen molar-refractivity contribution >= 4 is 29.3 Å². The van der Waals surface area contributed by atoms with Crippen LogP contribution in [0.5, 0.6) is 11.5 Å². The number of carboxylic acids is 1. The fraction of sp³-hybridized carbons (Fsp3) is 0.0769. The molecule has 4 rings (SSSR count). The second-order valence-electron chi connectivity index (χ2n) is 7.14. The monoisotopic (exact) mass is 427 g/mol. The van der Waals surface area contributed by atoms with Gasteiger partial charge in [-0.3, -0.25) is 9.69 Å². The summed E-state index contributed by atoms with van der Waals surface area (Å²) in [5, 5.41) is 19.3. The van der Waals surface area contributed by atoms with Crippen LogP contribution in [0.3, 0.4) is 0 Å². The Morgan fingerprint density at radius 3 is 2.41 bits per heavy atom. The van der Waals surface area contributed by atoms with Crippen molar-refractivity contribution in [3.05, 3.63) is 101 Å². The zero-order chi connectivity index (χ0) is 22.7. The fourth-order valence-electron chi connectivity index (χ4n) is 3.53. The largest absolute Gasteiger partial charge is 0.507 e. The van der Waals surface area contributed by atoms with E-state index >= 15 is 0 Å². The highest BCUT2D eigenvalue weighted by molar-refractivity contribution is 6.23. The standard InChI is InChI=1S/C26H21NO5/c1-2-32-21-11-8-17(9-12-21)14-19-15-23(18-6-4-3-5-7-18)27(25(19)29)20-10-13-24(28)22(16-20)26(30)31/h3-16,28H,2H2,1H3,(H,30,31)/b19-14+. The highest BCUT2D eigenvalue weighted by Gasteiger charge is 2.31. The van der Waals surface area contributed by atoms with Gasteiger partial charge in [-0.1, -0.05) is 42.5 Å². The van der Waals surface area contributed by atoms with Crippen LogP contribution in [0, 0.1) is 0 Å². The number of nitrogens with zero attached hydrogens (tertiary/aromatic N) is 1. The van der Waals surface area contributed by atoms with E-state index in [-0.39, 0.29) is 17.2 Å². The van der Waals surface area contributed by atoms with Gasteiger partial charge in [0.15, 0.2) is 0 Å². The van der Waals surface area contributed by atoms with Gasteiger partial charge in [-0.05, 0) is 60.5 Å². The van der Waals surface area contributed by atoms with Crippen LogP contribution in [-0.2, 0) is 4.79 Å². The number of aromatic hydroxyl groups is 1. The number of rotatable bonds is 6. The number of hydrogen-bond donors (Lipinski definition) is 2. The SMILES string of the molecule is CCOc1ccc(/C=C2\C=C(c3ccccc3)N(c3ccc(O)c(C(=O)O)c3)C2=O)cc1. The van der Waals surface area contributed by atoms with Gasteiger partial charge in [0, 0.05) is 5.57 Å². The highest BCUT2D eigenvalue weighted by atomic mass is 16.5. The van der Waals surface area contributed by atoms with E-state index in [0.29, 0.717) is 23.6 Å². The van der Waals surface area contributed by atoms with Gasteiger partial charge in [0.2, 0.25) is 0 Å². The van der Waals surface area contributed by atoms with Gasteiger partial charge in [-0.2, -0.15) is 0 Å². The Morgan fingerprint density at radius 2 is 1.75 bits per heavy atom. The number of ether oxygens (including phenoxy) is 1. The Balaban J connectivity index is 1.78. The molecule has 0 bridgehead atoms. The molecule has 0 aliphatic carbocycles. The molecule has 0 aromatic heterocycles. The van der Waals surface area contributed by atoms with E-state index in [1.165, 1.54) is 23.1 Å². The number of anilines is 1. The van der Waals surface area contributed by atoms with Crippen molar-refractivity contribution in [3.8, 4) is 11.5 Å². The number of hydrogen-bond acceptors (Lipinski definition) is 4. The van der Waals surface area contributed by atoms with Gasteiger partial charge in [-0.25, -0.2) is 4.79 Å². The molecular formula is C26H21NO5. The Hall–Kier alpha value is -4.32. The molecule has 0 fully saturated rings. The number of benzene rings is 3. The van der Waals surface area contributed by atoms with Crippen molar-refractivity contribution in [1.82, 2.24) is 0 Å². The molecule has 0 spiro atoms. The van der Waals surface area contributed by atoms with E-state index in [4.69, 9.17) is 4.74 Å². The predicted octanol–water partition coefficient (Wildman–Crippen LogP) is 4.96. The lowest BCUT2D eigenvalue weighted by atomic mass is 10.1. The summed E-state index contributed by atoms with van der Waals surface area (Å²) in [5.74, 6) is -1.17. The van der Waals surface area contributed by atoms with Crippen LogP contribution in [0.4, 0.5) is 5.69 Å². The summed E-state index contributed by atoms with van der Waals surface area (Å²) in [6.07, 6.45) is 3.56. The molecule has 1 aliphatic rings. The van der Waals surface area contributed by atoms with Gasteiger partial charge in [0.25, 0.3) is 5.91 Å². The molecule has 1 amide bonds. The van der Waals surface area contributed by atoms with Crippen molar-refractivity contribution < 1.29 is 24.5 Å². The molecule has 3 aromatic rings. The minimum absolute atomic E-state index is 0.272. The zero-order valence-corrected chi connectivity index (χ0v) is 17.4. The van der Waals surface area contributed by atoms with Crippen LogP contribution in [-0.4, -0.2) is 28.7 Å². The number of carbonyl (C=O) groups is 2. The summed E-state index contributed by atoms with van der Waals surface area (Å²) >= 11 is 0. The fourth-order valence-corrected chi connectivity index (χ4v) is 3.53. The van der Waals surface area contributed by atoms with Crippen LogP contribution in [0.15, 0.2) is 84.4 Å². The van der Waals surface area contributed by atoms with Gasteiger partial charge < -0.3 is 14.9 Å². The van der Waals surface area contributed by atoms with Crippen molar-refractivity contribution in [2.75, 3.05) is 11.5 Å². The zero-order valence-electron chi connectivity index (χ0n) is 17.4. The molecule has 0 saturated carbocycles. The summed E-state index contributed by atoms with van der Waals surface area (Å²) in [7, 11) is 0. The van der Waals surface area contributed by atoms with E-state index in [2.05, 4.69) is 0 Å². The van der Waals surface area contributed by atoms with E-state index < -0.39 is 5.97 Å². The van der Waals surface area contributed by atoms with Gasteiger partial charge >= 0.3 is 5.97 Å². The van der Waals surface area contributed by atoms with Crippen LogP contribution >= 0.6 is 0 Å². The summed E-state index contributed by atoms with van der Waals surface area (Å²) < 4.78 is 5.47. The van der Waals surface area contributed by atoms with Crippen LogP contribution in [0.1, 0.15) is 28.4 Å². The molecule has 160 valence electrons. The van der Waals surface area contributed by atoms with E-state index in [9.17, 15) is 19.8 Å². The third kappa shape index (κ3) is 4.11. The molecule has 1 aliphatic heterocycles. The molecule has 0 unspecified atom stereocenters. The minimum Gasteiger partial charge on any atom is -0.507 e. The summed E-state index contributed by atoms with van der Waals surface area (Å²) in [4.78, 5) is 26.4. The maximum absolute atomic E-state index is 13.4. The number of amides is 1. The Morgan fingerprint density at radius 1 is 1.03 bits per heavy atom. The number of aromatic carboxylic acids is 1. The third-order valence-electron chi connectivity index (χ3n) is 5.03. The molecule has 2 N–H and O–H groups in total. The molecule has 32 heavy (non-hydrogen) atoms. The van der Waals surface area contributed by atoms with Crippen LogP contribution in [0.25, 0.3) is 11.8 Å². The average Bonchev–Trinajstić information content (AvgIpc) is 3.12. The van der Waals surface area contributed by atoms with E-state index in [0.717, 1.165) is 16.9 Å². The number of carbonyl (C=O) groups excluding carboxylic acids is 1. The maximum Gasteiger partial charge on any atom is 0.339 e. The molecule has 1 heterocycles. The maximum atomic E-state index is 13.4. The summed E-state index contributed by atoms with van der Waals surface area (Å²) in [5.41, 5.74) is 2.80. The Kier molecular flexibility index (Phi) is 5.77. The van der Waals surface area contributed by atoms with E-state index in [1.54, 1.807) is 12.2 Å². The highest BCUT2D eigenvalue weighted by Crippen LogP contribution is 2.37. The summed E-state index contributed by atoms with van der Waals surface area (Å²) in [6.45, 7) is 2.48. The van der Waals surface area contributed by atoms with Gasteiger partial charge in [0.05, 0.1) is 18.0 Å². The first-order chi connectivity index (χ1) is 15.5. The second kappa shape index (κ2) is 8.81. The van der Waals surface area contributed by atoms with E-state index in [1.807, 2.05) is 61.5 Å². The first kappa shape index (κ1) is 20.9. The number of carboxylic acid groups (broad SMARTS) is 1. The van der Waals surface area contributed by atoms with Gasteiger partial charge in [-0.15, -0.1) is 0 Å². The average molecular weight is 427 g/mol. The first-order valence-electron chi connectivity index (χ1n) is 10.1. The lowest BCUT2D eigenvalue weighted by Crippen LogP contribution is -2.25. The van der Waals surface area contributed by atoms with Crippen LogP contribution < -0.4 is 9.64 Å². The molecule has 0 saturated heterocycles.